The molecule has 0 saturated carbocycles. The van der Waals surface area contributed by atoms with Crippen molar-refractivity contribution in [1.29, 1.82) is 0 Å². The highest BCUT2D eigenvalue weighted by Gasteiger charge is 2.28. The van der Waals surface area contributed by atoms with Gasteiger partial charge in [0.05, 0.1) is 0 Å². The predicted molar refractivity (Wildman–Crippen MR) is 70.6 cm³/mol. The van der Waals surface area contributed by atoms with Crippen molar-refractivity contribution in [3.63, 3.8) is 0 Å². The third-order valence-corrected chi connectivity index (χ3v) is 3.10. The van der Waals surface area contributed by atoms with Crippen LogP contribution < -0.4 is 5.32 Å². The van der Waals surface area contributed by atoms with Crippen molar-refractivity contribution in [2.45, 2.75) is 32.9 Å². The first-order chi connectivity index (χ1) is 8.30. The Morgan fingerprint density at radius 1 is 1.44 bits per heavy atom. The summed E-state index contributed by atoms with van der Waals surface area (Å²) < 4.78 is 0. The van der Waals surface area contributed by atoms with Crippen LogP contribution in [0.2, 0.25) is 0 Å². The second kappa shape index (κ2) is 5.86. The van der Waals surface area contributed by atoms with Gasteiger partial charge in [0.2, 0.25) is 0 Å². The molecule has 0 aliphatic heterocycles. The normalized spacial score (nSPS) is 11.1. The molecule has 0 spiro atoms. The van der Waals surface area contributed by atoms with Crippen LogP contribution in [0.3, 0.4) is 0 Å². The number of amides is 2. The highest BCUT2D eigenvalue weighted by atomic mass is 32.1. The van der Waals surface area contributed by atoms with Gasteiger partial charge in [-0.25, -0.2) is 4.79 Å². The summed E-state index contributed by atoms with van der Waals surface area (Å²) in [5, 5.41) is 15.4. The van der Waals surface area contributed by atoms with Crippen molar-refractivity contribution in [2.24, 2.45) is 0 Å². The summed E-state index contributed by atoms with van der Waals surface area (Å²) in [6, 6.07) is 1.56. The largest absolute Gasteiger partial charge is 0.480 e. The second-order valence-corrected chi connectivity index (χ2v) is 5.72. The van der Waals surface area contributed by atoms with Crippen molar-refractivity contribution in [3.05, 3.63) is 22.4 Å². The molecule has 2 N–H and O–H groups in total. The van der Waals surface area contributed by atoms with Crippen molar-refractivity contribution in [3.8, 4) is 0 Å². The zero-order chi connectivity index (χ0) is 13.8. The summed E-state index contributed by atoms with van der Waals surface area (Å²) in [4.78, 5) is 24.1. The Morgan fingerprint density at radius 2 is 2.11 bits per heavy atom. The van der Waals surface area contributed by atoms with Gasteiger partial charge >= 0.3 is 12.0 Å². The summed E-state index contributed by atoms with van der Waals surface area (Å²) >= 11 is 1.56. The van der Waals surface area contributed by atoms with E-state index in [2.05, 4.69) is 5.32 Å². The number of carboxylic acids is 1. The number of carbonyl (C=O) groups is 2. The SMILES string of the molecule is CC(C)(C)N(CC(=O)O)C(=O)NCc1ccsc1. The molecule has 0 saturated heterocycles. The van der Waals surface area contributed by atoms with Crippen LogP contribution in [-0.4, -0.2) is 34.1 Å². The lowest BCUT2D eigenvalue weighted by atomic mass is 10.1. The van der Waals surface area contributed by atoms with Crippen molar-refractivity contribution >= 4 is 23.3 Å². The highest BCUT2D eigenvalue weighted by Crippen LogP contribution is 2.13. The smallest absolute Gasteiger partial charge is 0.323 e. The van der Waals surface area contributed by atoms with E-state index < -0.39 is 11.5 Å². The molecule has 0 aliphatic rings. The molecule has 0 bridgehead atoms. The van der Waals surface area contributed by atoms with Crippen molar-refractivity contribution in [1.82, 2.24) is 10.2 Å². The van der Waals surface area contributed by atoms with Gasteiger partial charge in [0.1, 0.15) is 6.54 Å². The van der Waals surface area contributed by atoms with Crippen molar-refractivity contribution in [2.75, 3.05) is 6.54 Å². The van der Waals surface area contributed by atoms with E-state index in [9.17, 15) is 9.59 Å². The second-order valence-electron chi connectivity index (χ2n) is 4.94. The van der Waals surface area contributed by atoms with Gasteiger partial charge in [-0.1, -0.05) is 0 Å². The molecule has 100 valence electrons. The van der Waals surface area contributed by atoms with Gasteiger partial charge in [-0.2, -0.15) is 11.3 Å². The molecule has 2 amide bonds. The molecule has 1 aromatic rings. The fourth-order valence-electron chi connectivity index (χ4n) is 1.42. The lowest BCUT2D eigenvalue weighted by Crippen LogP contribution is -2.52. The standard InChI is InChI=1S/C12H18N2O3S/c1-12(2,3)14(7-10(15)16)11(17)13-6-9-4-5-18-8-9/h4-5,8H,6-7H2,1-3H3,(H,13,17)(H,15,16). The maximum absolute atomic E-state index is 12.0. The molecule has 1 heterocycles. The number of hydrogen-bond donors (Lipinski definition) is 2. The molecule has 1 rings (SSSR count). The minimum Gasteiger partial charge on any atom is -0.480 e. The Morgan fingerprint density at radius 3 is 2.56 bits per heavy atom. The van der Waals surface area contributed by atoms with E-state index in [0.717, 1.165) is 5.56 Å². The van der Waals surface area contributed by atoms with E-state index in [1.165, 1.54) is 4.90 Å². The van der Waals surface area contributed by atoms with Gasteiger partial charge in [0.15, 0.2) is 0 Å². The third kappa shape index (κ3) is 4.37. The average molecular weight is 270 g/mol. The lowest BCUT2D eigenvalue weighted by Gasteiger charge is -2.34. The van der Waals surface area contributed by atoms with E-state index in [1.54, 1.807) is 32.1 Å². The van der Waals surface area contributed by atoms with Gasteiger partial charge in [-0.3, -0.25) is 4.79 Å². The first kappa shape index (κ1) is 14.5. The summed E-state index contributed by atoms with van der Waals surface area (Å²) in [6.45, 7) is 5.52. The number of aliphatic carboxylic acids is 1. The fourth-order valence-corrected chi connectivity index (χ4v) is 2.08. The number of rotatable bonds is 4. The van der Waals surface area contributed by atoms with Crippen molar-refractivity contribution < 1.29 is 14.7 Å². The monoisotopic (exact) mass is 270 g/mol. The van der Waals surface area contributed by atoms with Crippen LogP contribution in [0.5, 0.6) is 0 Å². The van der Waals surface area contributed by atoms with E-state index in [1.807, 2.05) is 16.8 Å². The Bertz CT molecular complexity index is 409. The number of carbonyl (C=O) groups excluding carboxylic acids is 1. The molecule has 5 nitrogen and oxygen atoms in total. The first-order valence-electron chi connectivity index (χ1n) is 5.59. The lowest BCUT2D eigenvalue weighted by molar-refractivity contribution is -0.138. The number of nitrogens with zero attached hydrogens (tertiary/aromatic N) is 1. The number of thiophene rings is 1. The molecule has 0 aromatic carbocycles. The Labute approximate surface area is 110 Å². The molecular formula is C12H18N2O3S. The third-order valence-electron chi connectivity index (χ3n) is 2.37. The Hall–Kier alpha value is -1.56. The number of carboxylic acid groups (broad SMARTS) is 1. The summed E-state index contributed by atoms with van der Waals surface area (Å²) in [6.07, 6.45) is 0. The molecule has 18 heavy (non-hydrogen) atoms. The fraction of sp³-hybridized carbons (Fsp3) is 0.500. The van der Waals surface area contributed by atoms with E-state index in [0.29, 0.717) is 6.54 Å². The van der Waals surface area contributed by atoms with Gasteiger partial charge in [0.25, 0.3) is 0 Å². The van der Waals surface area contributed by atoms with E-state index in [4.69, 9.17) is 5.11 Å². The quantitative estimate of drug-likeness (QED) is 0.880. The van der Waals surface area contributed by atoms with Crippen LogP contribution in [0.25, 0.3) is 0 Å². The highest BCUT2D eigenvalue weighted by molar-refractivity contribution is 7.07. The molecule has 0 radical (unpaired) electrons. The first-order valence-corrected chi connectivity index (χ1v) is 6.53. The maximum Gasteiger partial charge on any atom is 0.323 e. The minimum absolute atomic E-state index is 0.307. The van der Waals surface area contributed by atoms with Crippen LogP contribution >= 0.6 is 11.3 Å². The predicted octanol–water partition coefficient (Wildman–Crippen LogP) is 2.14. The van der Waals surface area contributed by atoms with Crippen LogP contribution in [0.15, 0.2) is 16.8 Å². The zero-order valence-corrected chi connectivity index (χ0v) is 11.6. The molecule has 0 unspecified atom stereocenters. The van der Waals surface area contributed by atoms with E-state index in [-0.39, 0.29) is 12.6 Å². The number of hydrogen-bond acceptors (Lipinski definition) is 3. The maximum atomic E-state index is 12.0. The van der Waals surface area contributed by atoms with Crippen LogP contribution in [-0.2, 0) is 11.3 Å². The average Bonchev–Trinajstić information content (AvgIpc) is 2.73. The topological polar surface area (TPSA) is 69.6 Å². The summed E-state index contributed by atoms with van der Waals surface area (Å²) in [7, 11) is 0. The molecular weight excluding hydrogens is 252 g/mol. The van der Waals surface area contributed by atoms with Gasteiger partial charge < -0.3 is 15.3 Å². The van der Waals surface area contributed by atoms with Gasteiger partial charge in [-0.05, 0) is 43.2 Å². The number of urea groups is 1. The van der Waals surface area contributed by atoms with Crippen LogP contribution in [0.1, 0.15) is 26.3 Å². The summed E-state index contributed by atoms with van der Waals surface area (Å²) in [5.41, 5.74) is 0.481. The van der Waals surface area contributed by atoms with Gasteiger partial charge in [0, 0.05) is 12.1 Å². The molecule has 1 aromatic heterocycles. The Balaban J connectivity index is 2.62. The van der Waals surface area contributed by atoms with Gasteiger partial charge in [-0.15, -0.1) is 0 Å². The molecule has 6 heteroatoms. The zero-order valence-electron chi connectivity index (χ0n) is 10.8. The molecule has 0 fully saturated rings. The van der Waals surface area contributed by atoms with E-state index >= 15 is 0 Å². The minimum atomic E-state index is -1.02. The van der Waals surface area contributed by atoms with Crippen LogP contribution in [0, 0.1) is 0 Å². The van der Waals surface area contributed by atoms with Crippen LogP contribution in [0.4, 0.5) is 4.79 Å². The Kier molecular flexibility index (Phi) is 4.72. The summed E-state index contributed by atoms with van der Waals surface area (Å²) in [5.74, 6) is -1.02. The molecule has 0 atom stereocenters. The molecule has 0 aliphatic carbocycles. The number of nitrogens with one attached hydrogen (secondary N) is 1.